The summed E-state index contributed by atoms with van der Waals surface area (Å²) in [6, 6.07) is 39.2. The standard InChI is InChI=1S/C16H16O2.C11H10O2.C9H10O/c17-16(12-11-14-7-3-1-4-8-14)18-13-15-9-5-2-6-10-15;1-2-13-11(12)9-8-10-6-4-3-5-7-10;10-8-4-7-9-5-2-1-3-6-9/h1-10H,11-13H2;2-9H,1H2;1-3,5-6,8H,4,7H2. The van der Waals surface area contributed by atoms with Gasteiger partial charge in [0.15, 0.2) is 0 Å². The van der Waals surface area contributed by atoms with Gasteiger partial charge in [0.25, 0.3) is 0 Å². The minimum atomic E-state index is -0.418. The SMILES string of the molecule is C=COC(=O)C=Cc1ccccc1.O=C(CCc1ccccc1)OCc1ccccc1.O=CCCc1ccccc1. The van der Waals surface area contributed by atoms with Gasteiger partial charge in [-0.15, -0.1) is 0 Å². The van der Waals surface area contributed by atoms with Crippen molar-refractivity contribution in [3.8, 4) is 0 Å². The average molecular weight is 549 g/mol. The Morgan fingerprint density at radius 3 is 1.66 bits per heavy atom. The Balaban J connectivity index is 0.000000226. The summed E-state index contributed by atoms with van der Waals surface area (Å²) in [5.74, 6) is -0.568. The van der Waals surface area contributed by atoms with E-state index >= 15 is 0 Å². The number of carbonyl (C=O) groups is 3. The van der Waals surface area contributed by atoms with E-state index < -0.39 is 5.97 Å². The third kappa shape index (κ3) is 15.9. The maximum absolute atomic E-state index is 11.6. The lowest BCUT2D eigenvalue weighted by molar-refractivity contribution is -0.145. The van der Waals surface area contributed by atoms with Gasteiger partial charge in [0.05, 0.1) is 6.26 Å². The molecule has 0 aromatic heterocycles. The van der Waals surface area contributed by atoms with Gasteiger partial charge in [0, 0.05) is 18.9 Å². The largest absolute Gasteiger partial charge is 0.461 e. The van der Waals surface area contributed by atoms with E-state index in [2.05, 4.69) is 11.3 Å². The van der Waals surface area contributed by atoms with E-state index in [-0.39, 0.29) is 5.97 Å². The molecule has 0 N–H and O–H groups in total. The summed E-state index contributed by atoms with van der Waals surface area (Å²) >= 11 is 0. The van der Waals surface area contributed by atoms with Gasteiger partial charge in [-0.05, 0) is 41.2 Å². The lowest BCUT2D eigenvalue weighted by atomic mass is 10.1. The first-order valence-electron chi connectivity index (χ1n) is 13.4. The van der Waals surface area contributed by atoms with E-state index in [1.165, 1.54) is 11.6 Å². The molecule has 0 amide bonds. The molecule has 0 aliphatic heterocycles. The molecule has 0 bridgehead atoms. The third-order valence-corrected chi connectivity index (χ3v) is 5.51. The Kier molecular flexibility index (Phi) is 16.4. The molecule has 5 nitrogen and oxygen atoms in total. The lowest BCUT2D eigenvalue weighted by Crippen LogP contribution is -2.05. The van der Waals surface area contributed by atoms with Crippen LogP contribution < -0.4 is 0 Å². The second kappa shape index (κ2) is 20.9. The van der Waals surface area contributed by atoms with Crippen molar-refractivity contribution in [2.24, 2.45) is 0 Å². The molecule has 0 unspecified atom stereocenters. The predicted octanol–water partition coefficient (Wildman–Crippen LogP) is 7.57. The third-order valence-electron chi connectivity index (χ3n) is 5.51. The quantitative estimate of drug-likeness (QED) is 0.0837. The highest BCUT2D eigenvalue weighted by Crippen LogP contribution is 2.06. The van der Waals surface area contributed by atoms with Crippen LogP contribution in [0.25, 0.3) is 6.08 Å². The van der Waals surface area contributed by atoms with Crippen LogP contribution in [-0.4, -0.2) is 18.2 Å². The van der Waals surface area contributed by atoms with Gasteiger partial charge in [-0.2, -0.15) is 0 Å². The van der Waals surface area contributed by atoms with E-state index in [0.717, 1.165) is 42.1 Å². The normalized spacial score (nSPS) is 9.76. The summed E-state index contributed by atoms with van der Waals surface area (Å²) in [4.78, 5) is 32.4. The van der Waals surface area contributed by atoms with Crippen LogP contribution in [0.4, 0.5) is 0 Å². The summed E-state index contributed by atoms with van der Waals surface area (Å²) in [5, 5.41) is 0. The van der Waals surface area contributed by atoms with Crippen LogP contribution in [0.2, 0.25) is 0 Å². The van der Waals surface area contributed by atoms with Crippen molar-refractivity contribution in [1.82, 2.24) is 0 Å². The Labute approximate surface area is 242 Å². The molecule has 0 radical (unpaired) electrons. The molecular weight excluding hydrogens is 512 g/mol. The van der Waals surface area contributed by atoms with Crippen molar-refractivity contribution in [3.05, 3.63) is 162 Å². The van der Waals surface area contributed by atoms with Crippen molar-refractivity contribution < 1.29 is 23.9 Å². The fraction of sp³-hybridized carbons (Fsp3) is 0.139. The van der Waals surface area contributed by atoms with Gasteiger partial charge in [0.1, 0.15) is 12.9 Å². The molecule has 0 saturated carbocycles. The lowest BCUT2D eigenvalue weighted by Gasteiger charge is -2.05. The second-order valence-electron chi connectivity index (χ2n) is 8.67. The molecule has 0 aliphatic rings. The summed E-state index contributed by atoms with van der Waals surface area (Å²) in [5.41, 5.74) is 4.37. The van der Waals surface area contributed by atoms with Crippen LogP contribution in [0.5, 0.6) is 0 Å². The zero-order valence-electron chi connectivity index (χ0n) is 23.1. The van der Waals surface area contributed by atoms with E-state index in [4.69, 9.17) is 4.74 Å². The van der Waals surface area contributed by atoms with E-state index in [0.29, 0.717) is 19.4 Å². The molecule has 4 rings (SSSR count). The number of ether oxygens (including phenoxy) is 2. The molecule has 41 heavy (non-hydrogen) atoms. The van der Waals surface area contributed by atoms with E-state index in [1.54, 1.807) is 6.08 Å². The average Bonchev–Trinajstić information content (AvgIpc) is 3.03. The maximum atomic E-state index is 11.6. The number of rotatable bonds is 11. The summed E-state index contributed by atoms with van der Waals surface area (Å²) in [6.45, 7) is 3.63. The molecule has 0 heterocycles. The molecule has 0 fully saturated rings. The summed E-state index contributed by atoms with van der Waals surface area (Å²) in [6.07, 6.45) is 7.76. The number of aldehydes is 1. The summed E-state index contributed by atoms with van der Waals surface area (Å²) < 4.78 is 9.71. The van der Waals surface area contributed by atoms with Crippen LogP contribution in [0.3, 0.4) is 0 Å². The number of carbonyl (C=O) groups excluding carboxylic acids is 3. The van der Waals surface area contributed by atoms with Crippen molar-refractivity contribution in [2.45, 2.75) is 32.3 Å². The van der Waals surface area contributed by atoms with Gasteiger partial charge >= 0.3 is 11.9 Å². The van der Waals surface area contributed by atoms with Crippen molar-refractivity contribution in [2.75, 3.05) is 0 Å². The van der Waals surface area contributed by atoms with Crippen LogP contribution in [0.1, 0.15) is 35.1 Å². The highest BCUT2D eigenvalue weighted by Gasteiger charge is 2.03. The zero-order chi connectivity index (χ0) is 29.4. The molecule has 0 atom stereocenters. The number of benzene rings is 4. The van der Waals surface area contributed by atoms with Crippen molar-refractivity contribution >= 4 is 24.3 Å². The molecule has 4 aromatic rings. The van der Waals surface area contributed by atoms with Crippen molar-refractivity contribution in [1.29, 1.82) is 0 Å². The molecule has 5 heteroatoms. The molecule has 0 spiro atoms. The highest BCUT2D eigenvalue weighted by atomic mass is 16.5. The fourth-order valence-corrected chi connectivity index (χ4v) is 3.42. The first kappa shape index (κ1) is 32.2. The first-order valence-corrected chi connectivity index (χ1v) is 13.4. The van der Waals surface area contributed by atoms with Gasteiger partial charge in [0.2, 0.25) is 0 Å². The number of aryl methyl sites for hydroxylation is 2. The smallest absolute Gasteiger partial charge is 0.335 e. The molecular formula is C36H36O5. The van der Waals surface area contributed by atoms with Gasteiger partial charge < -0.3 is 14.3 Å². The van der Waals surface area contributed by atoms with E-state index in [1.807, 2.05) is 121 Å². The van der Waals surface area contributed by atoms with E-state index in [9.17, 15) is 14.4 Å². The Hall–Kier alpha value is -5.03. The topological polar surface area (TPSA) is 69.7 Å². The number of hydrogen-bond acceptors (Lipinski definition) is 5. The summed E-state index contributed by atoms with van der Waals surface area (Å²) in [7, 11) is 0. The van der Waals surface area contributed by atoms with Crippen LogP contribution in [0, 0.1) is 0 Å². The maximum Gasteiger partial charge on any atom is 0.335 e. The van der Waals surface area contributed by atoms with Gasteiger partial charge in [-0.1, -0.05) is 128 Å². The van der Waals surface area contributed by atoms with Crippen LogP contribution >= 0.6 is 0 Å². The minimum absolute atomic E-state index is 0.150. The van der Waals surface area contributed by atoms with Crippen LogP contribution in [0.15, 0.2) is 140 Å². The monoisotopic (exact) mass is 548 g/mol. The Morgan fingerprint density at radius 2 is 1.15 bits per heavy atom. The molecule has 4 aromatic carbocycles. The van der Waals surface area contributed by atoms with Gasteiger partial charge in [-0.3, -0.25) is 4.79 Å². The molecule has 210 valence electrons. The fourth-order valence-electron chi connectivity index (χ4n) is 3.42. The number of esters is 2. The molecule has 0 saturated heterocycles. The van der Waals surface area contributed by atoms with Crippen LogP contribution in [-0.2, 0) is 43.3 Å². The Bertz CT molecular complexity index is 1260. The zero-order valence-corrected chi connectivity index (χ0v) is 23.1. The van der Waals surface area contributed by atoms with Crippen molar-refractivity contribution in [3.63, 3.8) is 0 Å². The first-order chi connectivity index (χ1) is 20.1. The second-order valence-corrected chi connectivity index (χ2v) is 8.67. The van der Waals surface area contributed by atoms with Gasteiger partial charge in [-0.25, -0.2) is 4.79 Å². The number of hydrogen-bond donors (Lipinski definition) is 0. The highest BCUT2D eigenvalue weighted by molar-refractivity contribution is 5.87. The minimum Gasteiger partial charge on any atom is -0.461 e. The Morgan fingerprint density at radius 1 is 0.659 bits per heavy atom. The predicted molar refractivity (Wildman–Crippen MR) is 164 cm³/mol. The molecule has 0 aliphatic carbocycles.